The predicted octanol–water partition coefficient (Wildman–Crippen LogP) is 3.74. The van der Waals surface area contributed by atoms with Crippen molar-refractivity contribution in [3.05, 3.63) is 35.9 Å². The third-order valence-corrected chi connectivity index (χ3v) is 5.32. The highest BCUT2D eigenvalue weighted by molar-refractivity contribution is 5.70. The number of ether oxygens (including phenoxy) is 1. The Bertz CT molecular complexity index is 595. The summed E-state index contributed by atoms with van der Waals surface area (Å²) in [5.41, 5.74) is 0.900. The molecule has 126 valence electrons. The number of hydrogen-bond donors (Lipinski definition) is 1. The maximum absolute atomic E-state index is 12.2. The Kier molecular flexibility index (Phi) is 3.71. The van der Waals surface area contributed by atoms with Gasteiger partial charge in [0.1, 0.15) is 5.60 Å². The molecule has 2 fully saturated rings. The molecule has 1 amide bonds. The number of benzene rings is 1. The normalized spacial score (nSPS) is 31.3. The van der Waals surface area contributed by atoms with E-state index in [2.05, 4.69) is 48.3 Å². The van der Waals surface area contributed by atoms with Gasteiger partial charge in [0.05, 0.1) is 5.54 Å². The van der Waals surface area contributed by atoms with Crippen molar-refractivity contribution in [2.75, 3.05) is 13.1 Å². The molecule has 0 spiro atoms. The van der Waals surface area contributed by atoms with Gasteiger partial charge in [-0.1, -0.05) is 37.3 Å². The first-order chi connectivity index (χ1) is 10.6. The molecule has 1 aliphatic heterocycles. The molecule has 1 saturated carbocycles. The minimum absolute atomic E-state index is 0.127. The Hall–Kier alpha value is -1.55. The van der Waals surface area contributed by atoms with Crippen LogP contribution in [-0.4, -0.2) is 35.2 Å². The average Bonchev–Trinajstić information content (AvgIpc) is 2.88. The number of carbonyl (C=O) groups excluding carboxylic acids is 1. The molecule has 3 atom stereocenters. The van der Waals surface area contributed by atoms with Gasteiger partial charge in [0.2, 0.25) is 0 Å². The lowest BCUT2D eigenvalue weighted by Crippen LogP contribution is -2.45. The van der Waals surface area contributed by atoms with Crippen LogP contribution in [0.15, 0.2) is 30.3 Å². The van der Waals surface area contributed by atoms with Crippen molar-refractivity contribution in [2.45, 2.75) is 58.2 Å². The number of likely N-dealkylation sites (tertiary alicyclic amines) is 1. The topological polar surface area (TPSA) is 41.6 Å². The van der Waals surface area contributed by atoms with Gasteiger partial charge in [0.15, 0.2) is 0 Å². The molecule has 3 rings (SSSR count). The predicted molar refractivity (Wildman–Crippen MR) is 91.3 cm³/mol. The highest BCUT2D eigenvalue weighted by atomic mass is 16.6. The fourth-order valence-electron chi connectivity index (χ4n) is 3.88. The van der Waals surface area contributed by atoms with E-state index in [0.717, 1.165) is 19.5 Å². The summed E-state index contributed by atoms with van der Waals surface area (Å²) >= 11 is 0. The van der Waals surface area contributed by atoms with Gasteiger partial charge >= 0.3 is 6.09 Å². The first-order valence-corrected chi connectivity index (χ1v) is 8.44. The molecule has 4 heteroatoms. The summed E-state index contributed by atoms with van der Waals surface area (Å²) in [6.07, 6.45) is 0.743. The van der Waals surface area contributed by atoms with E-state index in [4.69, 9.17) is 4.74 Å². The van der Waals surface area contributed by atoms with Crippen LogP contribution in [0.2, 0.25) is 0 Å². The van der Waals surface area contributed by atoms with Gasteiger partial charge in [0, 0.05) is 24.5 Å². The van der Waals surface area contributed by atoms with E-state index < -0.39 is 5.60 Å². The molecular formula is C19H28N2O2. The zero-order valence-electron chi connectivity index (χ0n) is 14.8. The number of carbonyl (C=O) groups is 1. The van der Waals surface area contributed by atoms with Crippen LogP contribution in [0.4, 0.5) is 4.79 Å². The Labute approximate surface area is 139 Å². The quantitative estimate of drug-likeness (QED) is 0.923. The SMILES string of the molecule is CC(c1ccccc1)N1CC2(C)CC2(NC(=O)OC(C)(C)C)C1. The number of hydrogen-bond acceptors (Lipinski definition) is 3. The summed E-state index contributed by atoms with van der Waals surface area (Å²) in [5, 5.41) is 3.16. The second kappa shape index (κ2) is 5.23. The second-order valence-corrected chi connectivity index (χ2v) is 8.44. The molecule has 1 aliphatic carbocycles. The van der Waals surface area contributed by atoms with Crippen LogP contribution in [0.25, 0.3) is 0 Å². The molecule has 23 heavy (non-hydrogen) atoms. The zero-order valence-corrected chi connectivity index (χ0v) is 14.8. The molecule has 1 heterocycles. The third-order valence-electron chi connectivity index (χ3n) is 5.32. The molecule has 4 nitrogen and oxygen atoms in total. The van der Waals surface area contributed by atoms with Crippen molar-refractivity contribution in [2.24, 2.45) is 5.41 Å². The molecule has 1 saturated heterocycles. The average molecular weight is 316 g/mol. The van der Waals surface area contributed by atoms with Crippen LogP contribution < -0.4 is 5.32 Å². The van der Waals surface area contributed by atoms with E-state index in [1.165, 1.54) is 5.56 Å². The van der Waals surface area contributed by atoms with Crippen molar-refractivity contribution in [3.8, 4) is 0 Å². The van der Waals surface area contributed by atoms with Crippen LogP contribution in [0.5, 0.6) is 0 Å². The Balaban J connectivity index is 1.67. The Morgan fingerprint density at radius 2 is 1.91 bits per heavy atom. The smallest absolute Gasteiger partial charge is 0.408 e. The van der Waals surface area contributed by atoms with Gasteiger partial charge in [0.25, 0.3) is 0 Å². The van der Waals surface area contributed by atoms with Gasteiger partial charge in [-0.3, -0.25) is 4.90 Å². The first kappa shape index (κ1) is 16.3. The number of fused-ring (bicyclic) bond motifs is 1. The molecule has 0 bridgehead atoms. The maximum Gasteiger partial charge on any atom is 0.408 e. The molecule has 3 unspecified atom stereocenters. The summed E-state index contributed by atoms with van der Waals surface area (Å²) in [4.78, 5) is 14.7. The van der Waals surface area contributed by atoms with Gasteiger partial charge in [-0.05, 0) is 39.7 Å². The number of piperidine rings is 1. The molecule has 1 N–H and O–H groups in total. The van der Waals surface area contributed by atoms with Gasteiger partial charge in [-0.15, -0.1) is 0 Å². The van der Waals surface area contributed by atoms with Crippen molar-refractivity contribution in [3.63, 3.8) is 0 Å². The van der Waals surface area contributed by atoms with Crippen molar-refractivity contribution in [1.82, 2.24) is 10.2 Å². The molecule has 1 aromatic carbocycles. The fourth-order valence-corrected chi connectivity index (χ4v) is 3.88. The summed E-state index contributed by atoms with van der Waals surface area (Å²) in [5.74, 6) is 0. The third kappa shape index (κ3) is 3.09. The highest BCUT2D eigenvalue weighted by Crippen LogP contribution is 2.62. The molecule has 0 aromatic heterocycles. The van der Waals surface area contributed by atoms with E-state index in [1.807, 2.05) is 26.8 Å². The summed E-state index contributed by atoms with van der Waals surface area (Å²) in [7, 11) is 0. The van der Waals surface area contributed by atoms with E-state index in [0.29, 0.717) is 6.04 Å². The van der Waals surface area contributed by atoms with Crippen LogP contribution in [0.3, 0.4) is 0 Å². The van der Waals surface area contributed by atoms with E-state index in [-0.39, 0.29) is 17.0 Å². The van der Waals surface area contributed by atoms with E-state index in [9.17, 15) is 4.79 Å². The van der Waals surface area contributed by atoms with Crippen molar-refractivity contribution < 1.29 is 9.53 Å². The Morgan fingerprint density at radius 3 is 2.52 bits per heavy atom. The van der Waals surface area contributed by atoms with Crippen LogP contribution in [0.1, 0.15) is 52.6 Å². The van der Waals surface area contributed by atoms with E-state index in [1.54, 1.807) is 0 Å². The minimum atomic E-state index is -0.457. The Morgan fingerprint density at radius 1 is 1.26 bits per heavy atom. The maximum atomic E-state index is 12.2. The van der Waals surface area contributed by atoms with Gasteiger partial charge in [-0.2, -0.15) is 0 Å². The van der Waals surface area contributed by atoms with Gasteiger partial charge in [-0.25, -0.2) is 4.79 Å². The summed E-state index contributed by atoms with van der Waals surface area (Å²) < 4.78 is 5.45. The molecule has 0 radical (unpaired) electrons. The molecular weight excluding hydrogens is 288 g/mol. The summed E-state index contributed by atoms with van der Waals surface area (Å²) in [6.45, 7) is 12.1. The lowest BCUT2D eigenvalue weighted by Gasteiger charge is -2.28. The number of amides is 1. The van der Waals surface area contributed by atoms with Crippen LogP contribution in [0, 0.1) is 5.41 Å². The second-order valence-electron chi connectivity index (χ2n) is 8.44. The highest BCUT2D eigenvalue weighted by Gasteiger charge is 2.70. The minimum Gasteiger partial charge on any atom is -0.444 e. The summed E-state index contributed by atoms with van der Waals surface area (Å²) in [6, 6.07) is 10.9. The first-order valence-electron chi connectivity index (χ1n) is 8.44. The zero-order chi connectivity index (χ0) is 16.9. The largest absolute Gasteiger partial charge is 0.444 e. The lowest BCUT2D eigenvalue weighted by atomic mass is 10.1. The number of nitrogens with zero attached hydrogens (tertiary/aromatic N) is 1. The standard InChI is InChI=1S/C19H28N2O2/c1-14(15-9-7-6-8-10-15)21-12-18(5)11-19(18,13-21)20-16(22)23-17(2,3)4/h6-10,14H,11-13H2,1-5H3,(H,20,22). The van der Waals surface area contributed by atoms with E-state index >= 15 is 0 Å². The van der Waals surface area contributed by atoms with Crippen molar-refractivity contribution in [1.29, 1.82) is 0 Å². The molecule has 1 aromatic rings. The number of nitrogens with one attached hydrogen (secondary N) is 1. The monoisotopic (exact) mass is 316 g/mol. The number of alkyl carbamates (subject to hydrolysis) is 1. The lowest BCUT2D eigenvalue weighted by molar-refractivity contribution is 0.0486. The fraction of sp³-hybridized carbons (Fsp3) is 0.632. The number of rotatable bonds is 3. The molecule has 2 aliphatic rings. The van der Waals surface area contributed by atoms with Crippen molar-refractivity contribution >= 4 is 6.09 Å². The van der Waals surface area contributed by atoms with Gasteiger partial charge < -0.3 is 10.1 Å². The van der Waals surface area contributed by atoms with Crippen LogP contribution >= 0.6 is 0 Å². The van der Waals surface area contributed by atoms with Crippen LogP contribution in [-0.2, 0) is 4.74 Å².